The Morgan fingerprint density at radius 1 is 1.02 bits per heavy atom. The molecule has 2 fully saturated rings. The van der Waals surface area contributed by atoms with Crippen LogP contribution in [0.4, 0.5) is 0 Å². The highest BCUT2D eigenvalue weighted by atomic mass is 16.5. The number of nitrogens with zero attached hydrogens (tertiary/aromatic N) is 1. The molecule has 10 heteroatoms. The van der Waals surface area contributed by atoms with Gasteiger partial charge < -0.3 is 39.4 Å². The van der Waals surface area contributed by atoms with Crippen molar-refractivity contribution >= 4 is 11.8 Å². The molecule has 3 aliphatic rings. The maximum atomic E-state index is 15.1. The minimum atomic E-state index is -2.17. The number of hydrogen-bond acceptors (Lipinski definition) is 8. The summed E-state index contributed by atoms with van der Waals surface area (Å²) in [5.41, 5.74) is -2.37. The monoisotopic (exact) mass is 630 g/mol. The van der Waals surface area contributed by atoms with Gasteiger partial charge >= 0.3 is 0 Å². The molecule has 2 bridgehead atoms. The quantitative estimate of drug-likeness (QED) is 0.323. The smallest absolute Gasteiger partial charge is 0.231 e. The van der Waals surface area contributed by atoms with Gasteiger partial charge in [0.05, 0.1) is 32.8 Å². The topological polar surface area (TPSA) is 127 Å². The number of ether oxygens (including phenoxy) is 4. The Morgan fingerprint density at radius 3 is 2.35 bits per heavy atom. The van der Waals surface area contributed by atoms with Crippen molar-refractivity contribution in [1.82, 2.24) is 10.2 Å². The summed E-state index contributed by atoms with van der Waals surface area (Å²) in [6.07, 6.45) is -0.244. The van der Waals surface area contributed by atoms with Gasteiger partial charge in [0.2, 0.25) is 11.8 Å². The molecule has 2 amide bonds. The van der Waals surface area contributed by atoms with Gasteiger partial charge in [-0.3, -0.25) is 9.59 Å². The fourth-order valence-corrected chi connectivity index (χ4v) is 7.61. The molecule has 6 rings (SSSR count). The number of likely N-dealkylation sites (tertiary alicyclic amines) is 1. The molecule has 3 aromatic rings. The van der Waals surface area contributed by atoms with Gasteiger partial charge in [-0.25, -0.2) is 0 Å². The Balaban J connectivity index is 1.60. The van der Waals surface area contributed by atoms with Gasteiger partial charge in [0.25, 0.3) is 0 Å². The van der Waals surface area contributed by atoms with Gasteiger partial charge in [0.1, 0.15) is 40.9 Å². The molecule has 0 spiro atoms. The average Bonchev–Trinajstić information content (AvgIpc) is 3.59. The molecule has 0 aromatic heterocycles. The molecule has 244 valence electrons. The van der Waals surface area contributed by atoms with E-state index in [1.807, 2.05) is 44.2 Å². The highest BCUT2D eigenvalue weighted by Crippen LogP contribution is 2.68. The Kier molecular flexibility index (Phi) is 8.37. The largest absolute Gasteiger partial charge is 0.497 e. The van der Waals surface area contributed by atoms with Crippen LogP contribution in [0, 0.1) is 11.8 Å². The number of benzene rings is 3. The molecule has 2 heterocycles. The number of aliphatic hydroxyl groups excluding tert-OH is 1. The van der Waals surface area contributed by atoms with Crippen LogP contribution in [0.5, 0.6) is 23.0 Å². The maximum absolute atomic E-state index is 15.1. The fraction of sp³-hybridized carbons (Fsp3) is 0.444. The Morgan fingerprint density at radius 2 is 1.72 bits per heavy atom. The second kappa shape index (κ2) is 12.1. The molecule has 0 radical (unpaired) electrons. The van der Waals surface area contributed by atoms with E-state index in [2.05, 4.69) is 5.32 Å². The first-order valence-electron chi connectivity index (χ1n) is 15.8. The Labute approximate surface area is 269 Å². The number of carbonyl (C=O) groups is 2. The molecule has 1 saturated heterocycles. The molecule has 1 saturated carbocycles. The van der Waals surface area contributed by atoms with Crippen LogP contribution in [0.2, 0.25) is 0 Å². The standard InChI is InChI=1S/C36H42N2O8/c1-6-21(2)32(39)37-28-13-10-18-38(28)33(40)31-29(22-11-8-7-9-12-22)36(23-14-16-24(43-3)17-15-23)34(41)35(31,42)30-26(45-5)19-25(44-4)20-27(30)46-36/h7-9,11-12,14-17,19-21,28-29,31,34,41-42H,6,10,13,18H2,1-5H3,(H,37,39)/t21?,28-,29-,31+,34+,35-,36-/m0/s1. The normalized spacial score (nSPS) is 28.5. The van der Waals surface area contributed by atoms with E-state index in [-0.39, 0.29) is 28.9 Å². The van der Waals surface area contributed by atoms with Crippen molar-refractivity contribution in [3.05, 3.63) is 83.4 Å². The maximum Gasteiger partial charge on any atom is 0.231 e. The SMILES string of the molecule is CCC(C)C(=O)N[C@@H]1CCCN1C(=O)[C@H]1[C@H](c2ccccc2)[C@]2(c3ccc(OC)cc3)Oc3cc(OC)cc(OC)c3[C@@]1(O)[C@H]2O. The number of nitrogens with one attached hydrogen (secondary N) is 1. The van der Waals surface area contributed by atoms with Crippen molar-refractivity contribution in [2.24, 2.45) is 11.8 Å². The molecule has 3 N–H and O–H groups in total. The Hall–Kier alpha value is -4.28. The van der Waals surface area contributed by atoms with E-state index in [9.17, 15) is 15.0 Å². The van der Waals surface area contributed by atoms with E-state index in [1.54, 1.807) is 48.4 Å². The highest BCUT2D eigenvalue weighted by molar-refractivity contribution is 5.86. The second-order valence-corrected chi connectivity index (χ2v) is 12.4. The Bertz CT molecular complexity index is 1600. The van der Waals surface area contributed by atoms with Crippen LogP contribution in [0.15, 0.2) is 66.7 Å². The van der Waals surface area contributed by atoms with Crippen LogP contribution in [-0.2, 0) is 20.8 Å². The van der Waals surface area contributed by atoms with Crippen LogP contribution in [0.3, 0.4) is 0 Å². The second-order valence-electron chi connectivity index (χ2n) is 12.4. The van der Waals surface area contributed by atoms with Crippen LogP contribution in [-0.4, -0.2) is 67.1 Å². The first-order chi connectivity index (χ1) is 22.1. The third-order valence-corrected chi connectivity index (χ3v) is 10.1. The van der Waals surface area contributed by atoms with Crippen LogP contribution >= 0.6 is 0 Å². The lowest BCUT2D eigenvalue weighted by Crippen LogP contribution is -2.56. The number of rotatable bonds is 9. The van der Waals surface area contributed by atoms with Crippen molar-refractivity contribution in [2.75, 3.05) is 27.9 Å². The van der Waals surface area contributed by atoms with Gasteiger partial charge in [-0.2, -0.15) is 0 Å². The summed E-state index contributed by atoms with van der Waals surface area (Å²) in [5, 5.41) is 28.8. The van der Waals surface area contributed by atoms with E-state index in [1.165, 1.54) is 14.2 Å². The number of aliphatic hydroxyl groups is 2. The van der Waals surface area contributed by atoms with Crippen molar-refractivity contribution < 1.29 is 38.7 Å². The fourth-order valence-electron chi connectivity index (χ4n) is 7.61. The molecular weight excluding hydrogens is 588 g/mol. The first kappa shape index (κ1) is 31.7. The third-order valence-electron chi connectivity index (χ3n) is 10.1. The van der Waals surface area contributed by atoms with Crippen LogP contribution < -0.4 is 24.3 Å². The summed E-state index contributed by atoms with van der Waals surface area (Å²) in [5.74, 6) is -1.38. The summed E-state index contributed by atoms with van der Waals surface area (Å²) in [7, 11) is 4.54. The zero-order chi connectivity index (χ0) is 32.8. The van der Waals surface area contributed by atoms with Gasteiger partial charge in [0.15, 0.2) is 5.60 Å². The van der Waals surface area contributed by atoms with Crippen LogP contribution in [0.25, 0.3) is 0 Å². The van der Waals surface area contributed by atoms with E-state index in [0.29, 0.717) is 48.4 Å². The summed E-state index contributed by atoms with van der Waals surface area (Å²) in [6.45, 7) is 4.19. The number of carbonyl (C=O) groups excluding carboxylic acids is 2. The van der Waals surface area contributed by atoms with Gasteiger partial charge in [-0.05, 0) is 42.5 Å². The number of hydrogen-bond donors (Lipinski definition) is 3. The van der Waals surface area contributed by atoms with Crippen LogP contribution in [0.1, 0.15) is 55.7 Å². The molecule has 1 unspecified atom stereocenters. The molecule has 3 aromatic carbocycles. The molecule has 46 heavy (non-hydrogen) atoms. The average molecular weight is 631 g/mol. The van der Waals surface area contributed by atoms with Crippen molar-refractivity contribution in [3.63, 3.8) is 0 Å². The predicted molar refractivity (Wildman–Crippen MR) is 170 cm³/mol. The summed E-state index contributed by atoms with van der Waals surface area (Å²) >= 11 is 0. The number of methoxy groups -OCH3 is 3. The first-order valence-corrected chi connectivity index (χ1v) is 15.8. The van der Waals surface area contributed by atoms with Gasteiger partial charge in [0, 0.05) is 30.5 Å². The predicted octanol–water partition coefficient (Wildman–Crippen LogP) is 4.07. The third kappa shape index (κ3) is 4.69. The number of amides is 2. The summed E-state index contributed by atoms with van der Waals surface area (Å²) in [6, 6.07) is 19.7. The summed E-state index contributed by atoms with van der Waals surface area (Å²) in [4.78, 5) is 29.8. The van der Waals surface area contributed by atoms with Gasteiger partial charge in [-0.15, -0.1) is 0 Å². The molecule has 2 aliphatic heterocycles. The van der Waals surface area contributed by atoms with Gasteiger partial charge in [-0.1, -0.05) is 56.3 Å². The lowest BCUT2D eigenvalue weighted by atomic mass is 9.75. The zero-order valence-electron chi connectivity index (χ0n) is 26.9. The van der Waals surface area contributed by atoms with Crippen molar-refractivity contribution in [1.29, 1.82) is 0 Å². The lowest BCUT2D eigenvalue weighted by Gasteiger charge is -2.45. The minimum absolute atomic E-state index is 0.132. The zero-order valence-corrected chi connectivity index (χ0v) is 26.9. The minimum Gasteiger partial charge on any atom is -0.497 e. The summed E-state index contributed by atoms with van der Waals surface area (Å²) < 4.78 is 23.7. The van der Waals surface area contributed by atoms with E-state index in [0.717, 1.165) is 0 Å². The molecule has 10 nitrogen and oxygen atoms in total. The molecule has 7 atom stereocenters. The molecular formula is C36H42N2O8. The highest BCUT2D eigenvalue weighted by Gasteiger charge is 2.76. The van der Waals surface area contributed by atoms with Crippen molar-refractivity contribution in [3.8, 4) is 23.0 Å². The lowest BCUT2D eigenvalue weighted by molar-refractivity contribution is -0.167. The van der Waals surface area contributed by atoms with E-state index < -0.39 is 41.2 Å². The van der Waals surface area contributed by atoms with E-state index >= 15 is 4.79 Å². The van der Waals surface area contributed by atoms with E-state index in [4.69, 9.17) is 18.9 Å². The van der Waals surface area contributed by atoms with Crippen molar-refractivity contribution in [2.45, 2.75) is 62.5 Å². The molecule has 1 aliphatic carbocycles. The number of fused-ring (bicyclic) bond motifs is 4.